The molecule has 5 heterocycles. The van der Waals surface area contributed by atoms with Gasteiger partial charge in [-0.3, -0.25) is 9.88 Å². The lowest BCUT2D eigenvalue weighted by molar-refractivity contribution is 0.108. The maximum atomic E-state index is 16.6. The Kier molecular flexibility index (Phi) is 6.40. The zero-order chi connectivity index (χ0) is 28.1. The lowest BCUT2D eigenvalue weighted by Gasteiger charge is -2.34. The lowest BCUT2D eigenvalue weighted by atomic mass is 9.95. The van der Waals surface area contributed by atoms with Crippen LogP contribution in [0.1, 0.15) is 31.2 Å². The summed E-state index contributed by atoms with van der Waals surface area (Å²) in [4.78, 5) is 21.0. The van der Waals surface area contributed by atoms with E-state index in [1.54, 1.807) is 18.3 Å². The van der Waals surface area contributed by atoms with Crippen LogP contribution in [-0.2, 0) is 0 Å². The van der Waals surface area contributed by atoms with Crippen molar-refractivity contribution >= 4 is 27.5 Å². The van der Waals surface area contributed by atoms with E-state index in [2.05, 4.69) is 37.6 Å². The Morgan fingerprint density at radius 1 is 1.07 bits per heavy atom. The number of terminal acetylenes is 1. The molecular formula is C32H33FN6O2. The van der Waals surface area contributed by atoms with E-state index < -0.39 is 5.82 Å². The number of likely N-dealkylation sites (N-methyl/N-ethyl adjacent to an activating group) is 1. The molecule has 210 valence electrons. The Morgan fingerprint density at radius 3 is 2.61 bits per heavy atom. The number of fused-ring (bicyclic) bond motifs is 3. The van der Waals surface area contributed by atoms with Gasteiger partial charge in [0, 0.05) is 48.9 Å². The molecule has 2 aromatic heterocycles. The molecule has 0 unspecified atom stereocenters. The fourth-order valence-electron chi connectivity index (χ4n) is 6.91. The highest BCUT2D eigenvalue weighted by atomic mass is 19.1. The highest BCUT2D eigenvalue weighted by Crippen LogP contribution is 2.40. The van der Waals surface area contributed by atoms with E-state index in [-0.39, 0.29) is 28.5 Å². The van der Waals surface area contributed by atoms with Gasteiger partial charge in [-0.25, -0.2) is 4.39 Å². The predicted molar refractivity (Wildman–Crippen MR) is 158 cm³/mol. The third kappa shape index (κ3) is 4.42. The monoisotopic (exact) mass is 552 g/mol. The second kappa shape index (κ2) is 10.1. The topological polar surface area (TPSA) is 77.9 Å². The van der Waals surface area contributed by atoms with E-state index in [0.29, 0.717) is 39.7 Å². The number of phenolic OH excluding ortho intramolecular Hbond substituents is 1. The summed E-state index contributed by atoms with van der Waals surface area (Å²) in [7, 11) is 2.09. The summed E-state index contributed by atoms with van der Waals surface area (Å²) in [6.45, 7) is 5.93. The van der Waals surface area contributed by atoms with Crippen molar-refractivity contribution in [3.05, 3.63) is 47.9 Å². The molecule has 3 aliphatic heterocycles. The normalized spacial score (nSPS) is 19.1. The van der Waals surface area contributed by atoms with Gasteiger partial charge in [-0.15, -0.1) is 6.42 Å². The largest absolute Gasteiger partial charge is 0.508 e. The van der Waals surface area contributed by atoms with Gasteiger partial charge in [0.1, 0.15) is 29.4 Å². The van der Waals surface area contributed by atoms with Crippen molar-refractivity contribution in [2.45, 2.75) is 31.2 Å². The first kappa shape index (κ1) is 25.9. The first-order chi connectivity index (χ1) is 20.0. The molecule has 1 N–H and O–H groups in total. The second-order valence-corrected chi connectivity index (χ2v) is 11.6. The molecule has 8 nitrogen and oxygen atoms in total. The number of hydrogen-bond acceptors (Lipinski definition) is 8. The van der Waals surface area contributed by atoms with Crippen LogP contribution in [-0.4, -0.2) is 88.3 Å². The minimum absolute atomic E-state index is 0.00439. The van der Waals surface area contributed by atoms with Crippen LogP contribution in [0.5, 0.6) is 11.8 Å². The number of anilines is 1. The average molecular weight is 553 g/mol. The van der Waals surface area contributed by atoms with Crippen molar-refractivity contribution in [1.82, 2.24) is 24.8 Å². The number of hydrogen-bond donors (Lipinski definition) is 1. The predicted octanol–water partition coefficient (Wildman–Crippen LogP) is 4.43. The molecule has 0 bridgehead atoms. The first-order valence-electron chi connectivity index (χ1n) is 14.4. The SMILES string of the molecule is C#Cc1cccc2cc(O)cc(-c3ncc4c(N5CCN(C)CC5)nc(OCC56CCCN5CCC6)nc4c3F)c12. The fraction of sp³-hybridized carbons (Fsp3) is 0.406. The molecule has 9 heteroatoms. The fourth-order valence-corrected chi connectivity index (χ4v) is 6.91. The molecule has 0 aliphatic carbocycles. The Morgan fingerprint density at radius 2 is 1.85 bits per heavy atom. The number of piperazine rings is 1. The highest BCUT2D eigenvalue weighted by Gasteiger charge is 2.45. The van der Waals surface area contributed by atoms with E-state index in [1.807, 2.05) is 12.1 Å². The number of rotatable bonds is 5. The standard InChI is InChI=1S/C32H33FN6O2/c1-3-21-7-4-8-22-17-23(40)18-24(26(21)22)28-27(33)29-25(19-34-28)30(38-15-13-37(2)14-16-38)36-31(35-29)41-20-32-9-5-11-39(32)12-6-10-32/h1,4,7-8,17-19,40H,5-6,9-16,20H2,2H3. The lowest BCUT2D eigenvalue weighted by Crippen LogP contribution is -2.45. The van der Waals surface area contributed by atoms with Gasteiger partial charge in [-0.1, -0.05) is 18.1 Å². The molecule has 0 atom stereocenters. The van der Waals surface area contributed by atoms with E-state index in [0.717, 1.165) is 65.0 Å². The van der Waals surface area contributed by atoms with Crippen LogP contribution in [0.15, 0.2) is 36.5 Å². The van der Waals surface area contributed by atoms with Gasteiger partial charge in [-0.2, -0.15) is 9.97 Å². The number of aromatic hydroxyl groups is 1. The summed E-state index contributed by atoms with van der Waals surface area (Å²) in [5, 5.41) is 12.4. The molecule has 2 aromatic carbocycles. The summed E-state index contributed by atoms with van der Waals surface area (Å²) in [6.07, 6.45) is 12.0. The molecule has 0 amide bonds. The highest BCUT2D eigenvalue weighted by molar-refractivity contribution is 6.02. The maximum Gasteiger partial charge on any atom is 0.319 e. The van der Waals surface area contributed by atoms with E-state index >= 15 is 4.39 Å². The molecule has 7 rings (SSSR count). The van der Waals surface area contributed by atoms with E-state index in [9.17, 15) is 5.11 Å². The van der Waals surface area contributed by atoms with Crippen molar-refractivity contribution in [1.29, 1.82) is 0 Å². The number of ether oxygens (including phenoxy) is 1. The summed E-state index contributed by atoms with van der Waals surface area (Å²) in [5.74, 6) is 2.73. The van der Waals surface area contributed by atoms with Gasteiger partial charge in [0.25, 0.3) is 0 Å². The summed E-state index contributed by atoms with van der Waals surface area (Å²) in [6, 6.07) is 8.77. The number of phenols is 1. The minimum Gasteiger partial charge on any atom is -0.508 e. The van der Waals surface area contributed by atoms with Gasteiger partial charge in [-0.05, 0) is 69.4 Å². The zero-order valence-corrected chi connectivity index (χ0v) is 23.2. The Hall–Kier alpha value is -4.00. The molecule has 3 fully saturated rings. The molecule has 4 aromatic rings. The van der Waals surface area contributed by atoms with Crippen molar-refractivity contribution in [3.63, 3.8) is 0 Å². The summed E-state index contributed by atoms with van der Waals surface area (Å²) >= 11 is 0. The van der Waals surface area contributed by atoms with Crippen LogP contribution in [0.2, 0.25) is 0 Å². The number of pyridine rings is 1. The van der Waals surface area contributed by atoms with Crippen LogP contribution in [0.4, 0.5) is 10.2 Å². The number of aromatic nitrogens is 3. The molecule has 0 spiro atoms. The number of nitrogens with zero attached hydrogens (tertiary/aromatic N) is 6. The van der Waals surface area contributed by atoms with Crippen molar-refractivity contribution in [2.24, 2.45) is 0 Å². The van der Waals surface area contributed by atoms with Crippen molar-refractivity contribution in [2.75, 3.05) is 57.8 Å². The third-order valence-electron chi connectivity index (χ3n) is 9.10. The number of halogens is 1. The Bertz CT molecular complexity index is 1680. The van der Waals surface area contributed by atoms with Gasteiger partial charge in [0.15, 0.2) is 5.82 Å². The minimum atomic E-state index is -0.592. The molecule has 41 heavy (non-hydrogen) atoms. The summed E-state index contributed by atoms with van der Waals surface area (Å²) in [5.41, 5.74) is 1.25. The van der Waals surface area contributed by atoms with Crippen LogP contribution in [0.25, 0.3) is 32.9 Å². The number of benzene rings is 2. The van der Waals surface area contributed by atoms with Gasteiger partial charge in [0.2, 0.25) is 0 Å². The molecule has 3 aliphatic rings. The van der Waals surface area contributed by atoms with Gasteiger partial charge in [0.05, 0.1) is 10.9 Å². The van der Waals surface area contributed by atoms with E-state index in [1.165, 1.54) is 6.07 Å². The van der Waals surface area contributed by atoms with Crippen molar-refractivity contribution < 1.29 is 14.2 Å². The third-order valence-corrected chi connectivity index (χ3v) is 9.10. The first-order valence-corrected chi connectivity index (χ1v) is 14.4. The molecule has 0 radical (unpaired) electrons. The van der Waals surface area contributed by atoms with Crippen LogP contribution >= 0.6 is 0 Å². The van der Waals surface area contributed by atoms with Crippen LogP contribution in [0.3, 0.4) is 0 Å². The second-order valence-electron chi connectivity index (χ2n) is 11.6. The smallest absolute Gasteiger partial charge is 0.319 e. The average Bonchev–Trinajstić information content (AvgIpc) is 3.56. The van der Waals surface area contributed by atoms with E-state index in [4.69, 9.17) is 16.1 Å². The quantitative estimate of drug-likeness (QED) is 0.365. The summed E-state index contributed by atoms with van der Waals surface area (Å²) < 4.78 is 22.9. The maximum absolute atomic E-state index is 16.6. The Balaban J connectivity index is 1.37. The zero-order valence-electron chi connectivity index (χ0n) is 23.2. The molecule has 0 saturated carbocycles. The Labute approximate surface area is 238 Å². The van der Waals surface area contributed by atoms with Crippen LogP contribution < -0.4 is 9.64 Å². The van der Waals surface area contributed by atoms with Gasteiger partial charge < -0.3 is 19.6 Å². The van der Waals surface area contributed by atoms with Gasteiger partial charge >= 0.3 is 6.01 Å². The van der Waals surface area contributed by atoms with Crippen molar-refractivity contribution in [3.8, 4) is 35.4 Å². The molecular weight excluding hydrogens is 519 g/mol. The molecule has 3 saturated heterocycles. The van der Waals surface area contributed by atoms with Crippen LogP contribution in [0, 0.1) is 18.2 Å².